The molecule has 19 heavy (non-hydrogen) atoms. The maximum absolute atomic E-state index is 11.5. The molecule has 7 nitrogen and oxygen atoms in total. The van der Waals surface area contributed by atoms with Crippen molar-refractivity contribution in [3.05, 3.63) is 18.1 Å². The Bertz CT molecular complexity index is 492. The number of piperidine rings is 1. The molecule has 1 amide bonds. The molecule has 0 bridgehead atoms. The second-order valence-corrected chi connectivity index (χ2v) is 4.36. The van der Waals surface area contributed by atoms with Gasteiger partial charge in [0.1, 0.15) is 11.9 Å². The topological polar surface area (TPSA) is 98.4 Å². The van der Waals surface area contributed by atoms with Crippen LogP contribution in [0.25, 0.3) is 0 Å². The van der Waals surface area contributed by atoms with Gasteiger partial charge in [0.2, 0.25) is 5.91 Å². The van der Waals surface area contributed by atoms with Crippen LogP contribution in [0.3, 0.4) is 0 Å². The highest BCUT2D eigenvalue weighted by Crippen LogP contribution is 2.22. The zero-order valence-corrected chi connectivity index (χ0v) is 10.7. The number of hydrogen-bond acceptors (Lipinski definition) is 6. The number of hydrogen-bond donors (Lipinski definition) is 1. The summed E-state index contributed by atoms with van der Waals surface area (Å²) in [5, 5.41) is 0. The van der Waals surface area contributed by atoms with Crippen LogP contribution in [0.4, 0.5) is 5.82 Å². The van der Waals surface area contributed by atoms with Crippen molar-refractivity contribution >= 4 is 17.7 Å². The van der Waals surface area contributed by atoms with Gasteiger partial charge in [-0.25, -0.2) is 9.78 Å². The number of primary amides is 1. The van der Waals surface area contributed by atoms with Crippen LogP contribution in [-0.4, -0.2) is 41.5 Å². The molecule has 1 atom stereocenters. The van der Waals surface area contributed by atoms with Gasteiger partial charge in [-0.15, -0.1) is 0 Å². The van der Waals surface area contributed by atoms with Crippen molar-refractivity contribution in [1.82, 2.24) is 9.97 Å². The minimum absolute atomic E-state index is 0.119. The molecule has 0 aliphatic carbocycles. The molecule has 1 saturated heterocycles. The van der Waals surface area contributed by atoms with Gasteiger partial charge in [0.25, 0.3) is 0 Å². The molecular formula is C12H16N4O3. The quantitative estimate of drug-likeness (QED) is 0.778. The first-order chi connectivity index (χ1) is 9.13. The molecule has 0 aromatic carbocycles. The number of aromatic nitrogens is 2. The molecule has 1 aromatic heterocycles. The smallest absolute Gasteiger partial charge is 0.358 e. The lowest BCUT2D eigenvalue weighted by Crippen LogP contribution is -2.48. The number of methoxy groups -OCH3 is 1. The summed E-state index contributed by atoms with van der Waals surface area (Å²) in [6, 6.07) is -0.393. The second kappa shape index (κ2) is 5.64. The zero-order chi connectivity index (χ0) is 13.8. The van der Waals surface area contributed by atoms with E-state index in [9.17, 15) is 9.59 Å². The van der Waals surface area contributed by atoms with E-state index in [1.165, 1.54) is 19.5 Å². The summed E-state index contributed by atoms with van der Waals surface area (Å²) in [6.45, 7) is 0.674. The number of esters is 1. The number of carbonyl (C=O) groups is 2. The van der Waals surface area contributed by atoms with Crippen molar-refractivity contribution in [1.29, 1.82) is 0 Å². The van der Waals surface area contributed by atoms with Crippen molar-refractivity contribution in [2.24, 2.45) is 5.73 Å². The molecule has 1 fully saturated rings. The lowest BCUT2D eigenvalue weighted by Gasteiger charge is -2.34. The van der Waals surface area contributed by atoms with E-state index >= 15 is 0 Å². The molecule has 2 rings (SSSR count). The number of nitrogens with two attached hydrogens (primary N) is 1. The SMILES string of the molecule is COC(=O)c1cncc(N2CCCCC2C(N)=O)n1. The lowest BCUT2D eigenvalue weighted by atomic mass is 10.0. The first-order valence-corrected chi connectivity index (χ1v) is 6.10. The highest BCUT2D eigenvalue weighted by Gasteiger charge is 2.28. The van der Waals surface area contributed by atoms with Crippen molar-refractivity contribution in [3.63, 3.8) is 0 Å². The lowest BCUT2D eigenvalue weighted by molar-refractivity contribution is -0.119. The van der Waals surface area contributed by atoms with E-state index in [2.05, 4.69) is 14.7 Å². The van der Waals surface area contributed by atoms with E-state index in [1.807, 2.05) is 0 Å². The molecule has 7 heteroatoms. The third-order valence-corrected chi connectivity index (χ3v) is 3.14. The van der Waals surface area contributed by atoms with Gasteiger partial charge in [0.05, 0.1) is 19.5 Å². The van der Waals surface area contributed by atoms with E-state index in [0.29, 0.717) is 18.8 Å². The Morgan fingerprint density at radius 1 is 1.42 bits per heavy atom. The van der Waals surface area contributed by atoms with Gasteiger partial charge < -0.3 is 15.4 Å². The average Bonchev–Trinajstić information content (AvgIpc) is 2.46. The number of carbonyl (C=O) groups excluding carboxylic acids is 2. The normalized spacial score (nSPS) is 19.0. The number of anilines is 1. The molecule has 1 aliphatic rings. The Labute approximate surface area is 110 Å². The maximum atomic E-state index is 11.5. The third-order valence-electron chi connectivity index (χ3n) is 3.14. The molecule has 1 aromatic rings. The molecule has 0 spiro atoms. The molecule has 1 aliphatic heterocycles. The average molecular weight is 264 g/mol. The number of ether oxygens (including phenoxy) is 1. The van der Waals surface area contributed by atoms with Gasteiger partial charge in [-0.1, -0.05) is 0 Å². The van der Waals surface area contributed by atoms with Crippen LogP contribution >= 0.6 is 0 Å². The van der Waals surface area contributed by atoms with Crippen LogP contribution in [-0.2, 0) is 9.53 Å². The fourth-order valence-electron chi connectivity index (χ4n) is 2.20. The Kier molecular flexibility index (Phi) is 3.94. The molecule has 102 valence electrons. The van der Waals surface area contributed by atoms with E-state index in [-0.39, 0.29) is 11.6 Å². The molecule has 2 heterocycles. The molecule has 0 saturated carbocycles. The highest BCUT2D eigenvalue weighted by atomic mass is 16.5. The van der Waals surface area contributed by atoms with Gasteiger partial charge in [-0.3, -0.25) is 9.78 Å². The highest BCUT2D eigenvalue weighted by molar-refractivity contribution is 5.87. The van der Waals surface area contributed by atoms with Gasteiger partial charge >= 0.3 is 5.97 Å². The van der Waals surface area contributed by atoms with Gasteiger partial charge in [0, 0.05) is 6.54 Å². The Balaban J connectivity index is 2.29. The minimum atomic E-state index is -0.554. The Hall–Kier alpha value is -2.18. The molecule has 1 unspecified atom stereocenters. The van der Waals surface area contributed by atoms with Crippen LogP contribution in [0, 0.1) is 0 Å². The Morgan fingerprint density at radius 2 is 2.21 bits per heavy atom. The first kappa shape index (κ1) is 13.3. The van der Waals surface area contributed by atoms with Crippen molar-refractivity contribution in [3.8, 4) is 0 Å². The fraction of sp³-hybridized carbons (Fsp3) is 0.500. The summed E-state index contributed by atoms with van der Waals surface area (Å²) >= 11 is 0. The largest absolute Gasteiger partial charge is 0.464 e. The Morgan fingerprint density at radius 3 is 2.89 bits per heavy atom. The van der Waals surface area contributed by atoms with Gasteiger partial charge in [-0.2, -0.15) is 0 Å². The third kappa shape index (κ3) is 2.81. The van der Waals surface area contributed by atoms with Crippen LogP contribution in [0.1, 0.15) is 29.8 Å². The second-order valence-electron chi connectivity index (χ2n) is 4.36. The summed E-state index contributed by atoms with van der Waals surface area (Å²) in [5.74, 6) is -0.460. The maximum Gasteiger partial charge on any atom is 0.358 e. The van der Waals surface area contributed by atoms with Crippen LogP contribution in [0.15, 0.2) is 12.4 Å². The summed E-state index contributed by atoms with van der Waals surface area (Å²) in [4.78, 5) is 32.8. The minimum Gasteiger partial charge on any atom is -0.464 e. The van der Waals surface area contributed by atoms with E-state index in [0.717, 1.165) is 12.8 Å². The number of rotatable bonds is 3. The standard InChI is InChI=1S/C12H16N4O3/c1-19-12(18)8-6-14-7-10(15-8)16-5-3-2-4-9(16)11(13)17/h6-7,9H,2-5H2,1H3,(H2,13,17). The first-order valence-electron chi connectivity index (χ1n) is 6.10. The van der Waals surface area contributed by atoms with Crippen LogP contribution in [0.2, 0.25) is 0 Å². The summed E-state index contributed by atoms with van der Waals surface area (Å²) in [7, 11) is 1.28. The van der Waals surface area contributed by atoms with Gasteiger partial charge in [-0.05, 0) is 19.3 Å². The summed E-state index contributed by atoms with van der Waals surface area (Å²) < 4.78 is 4.60. The van der Waals surface area contributed by atoms with Crippen LogP contribution < -0.4 is 10.6 Å². The zero-order valence-electron chi connectivity index (χ0n) is 10.7. The number of amides is 1. The summed E-state index contributed by atoms with van der Waals surface area (Å²) in [5.41, 5.74) is 5.52. The van der Waals surface area contributed by atoms with Crippen LogP contribution in [0.5, 0.6) is 0 Å². The van der Waals surface area contributed by atoms with E-state index < -0.39 is 12.0 Å². The summed E-state index contributed by atoms with van der Waals surface area (Å²) in [6.07, 6.45) is 5.45. The van der Waals surface area contributed by atoms with Crippen molar-refractivity contribution in [2.45, 2.75) is 25.3 Å². The monoisotopic (exact) mass is 264 g/mol. The van der Waals surface area contributed by atoms with Crippen molar-refractivity contribution < 1.29 is 14.3 Å². The van der Waals surface area contributed by atoms with E-state index in [4.69, 9.17) is 5.73 Å². The molecule has 0 radical (unpaired) electrons. The fourth-order valence-corrected chi connectivity index (χ4v) is 2.20. The van der Waals surface area contributed by atoms with Crippen molar-refractivity contribution in [2.75, 3.05) is 18.6 Å². The predicted octanol–water partition coefficient (Wildman–Crippen LogP) is 0.107. The molecule has 2 N–H and O–H groups in total. The molecular weight excluding hydrogens is 248 g/mol. The predicted molar refractivity (Wildman–Crippen MR) is 67.6 cm³/mol. The van der Waals surface area contributed by atoms with E-state index in [1.54, 1.807) is 4.90 Å². The van der Waals surface area contributed by atoms with Gasteiger partial charge in [0.15, 0.2) is 5.69 Å². The number of nitrogens with zero attached hydrogens (tertiary/aromatic N) is 3.